The van der Waals surface area contributed by atoms with E-state index in [1.165, 1.54) is 13.2 Å². The van der Waals surface area contributed by atoms with Crippen molar-refractivity contribution in [2.45, 2.75) is 37.6 Å². The number of nitrogens with one attached hydrogen (secondary N) is 1. The number of ether oxygens (including phenoxy) is 1. The number of esters is 1. The largest absolute Gasteiger partial charge is 0.467 e. The van der Waals surface area contributed by atoms with Gasteiger partial charge < -0.3 is 10.1 Å². The lowest BCUT2D eigenvalue weighted by Gasteiger charge is -2.35. The lowest BCUT2D eigenvalue weighted by molar-refractivity contribution is -0.149. The summed E-state index contributed by atoms with van der Waals surface area (Å²) in [6.45, 7) is 0. The van der Waals surface area contributed by atoms with Gasteiger partial charge in [0.05, 0.1) is 22.7 Å². The number of halogens is 3. The van der Waals surface area contributed by atoms with E-state index in [0.29, 0.717) is 12.8 Å². The molecule has 120 valence electrons. The van der Waals surface area contributed by atoms with Crippen LogP contribution in [0.15, 0.2) is 12.1 Å². The maximum atomic E-state index is 13.6. The van der Waals surface area contributed by atoms with Crippen molar-refractivity contribution >= 4 is 35.1 Å². The van der Waals surface area contributed by atoms with Gasteiger partial charge >= 0.3 is 5.97 Å². The number of benzene rings is 1. The Kier molecular flexibility index (Phi) is 5.29. The molecule has 1 N–H and O–H groups in total. The molecular formula is C15H16Cl2FNO3. The quantitative estimate of drug-likeness (QED) is 0.669. The molecule has 0 atom stereocenters. The minimum Gasteiger partial charge on any atom is -0.467 e. The molecule has 1 saturated carbocycles. The Balaban J connectivity index is 2.29. The maximum absolute atomic E-state index is 13.6. The first-order valence-corrected chi connectivity index (χ1v) is 7.71. The van der Waals surface area contributed by atoms with Crippen molar-refractivity contribution in [2.75, 3.05) is 7.11 Å². The lowest BCUT2D eigenvalue weighted by atomic mass is 9.81. The molecule has 0 heterocycles. The van der Waals surface area contributed by atoms with Crippen LogP contribution in [-0.2, 0) is 9.53 Å². The zero-order chi connectivity index (χ0) is 16.3. The van der Waals surface area contributed by atoms with Crippen molar-refractivity contribution in [2.24, 2.45) is 0 Å². The van der Waals surface area contributed by atoms with Gasteiger partial charge in [0.25, 0.3) is 5.91 Å². The summed E-state index contributed by atoms with van der Waals surface area (Å²) in [5.74, 6) is -1.86. The number of methoxy groups -OCH3 is 1. The van der Waals surface area contributed by atoms with E-state index < -0.39 is 23.2 Å². The SMILES string of the molecule is COC(=O)C1(NC(=O)c2cc(F)c(Cl)cc2Cl)CCCCC1. The molecular weight excluding hydrogens is 332 g/mol. The number of hydrogen-bond donors (Lipinski definition) is 1. The normalized spacial score (nSPS) is 16.9. The van der Waals surface area contributed by atoms with Gasteiger partial charge in [0.15, 0.2) is 0 Å². The fourth-order valence-electron chi connectivity index (χ4n) is 2.71. The van der Waals surface area contributed by atoms with E-state index in [2.05, 4.69) is 5.32 Å². The lowest BCUT2D eigenvalue weighted by Crippen LogP contribution is -2.56. The van der Waals surface area contributed by atoms with Gasteiger partial charge in [0.1, 0.15) is 11.4 Å². The summed E-state index contributed by atoms with van der Waals surface area (Å²) in [5, 5.41) is 2.54. The predicted octanol–water partition coefficient (Wildman–Crippen LogP) is 3.74. The van der Waals surface area contributed by atoms with Gasteiger partial charge in [-0.15, -0.1) is 0 Å². The van der Waals surface area contributed by atoms with Crippen LogP contribution in [-0.4, -0.2) is 24.5 Å². The van der Waals surface area contributed by atoms with Gasteiger partial charge in [-0.2, -0.15) is 0 Å². The van der Waals surface area contributed by atoms with Crippen LogP contribution in [0.3, 0.4) is 0 Å². The van der Waals surface area contributed by atoms with Crippen molar-refractivity contribution in [1.29, 1.82) is 0 Å². The number of carbonyl (C=O) groups is 2. The highest BCUT2D eigenvalue weighted by Gasteiger charge is 2.42. The van der Waals surface area contributed by atoms with Crippen LogP contribution in [0.2, 0.25) is 10.0 Å². The highest BCUT2D eigenvalue weighted by atomic mass is 35.5. The molecule has 2 rings (SSSR count). The van der Waals surface area contributed by atoms with E-state index in [4.69, 9.17) is 27.9 Å². The number of hydrogen-bond acceptors (Lipinski definition) is 3. The average molecular weight is 348 g/mol. The minimum atomic E-state index is -1.08. The fraction of sp³-hybridized carbons (Fsp3) is 0.467. The number of rotatable bonds is 3. The van der Waals surface area contributed by atoms with Crippen LogP contribution in [0.5, 0.6) is 0 Å². The van der Waals surface area contributed by atoms with Gasteiger partial charge in [-0.3, -0.25) is 4.79 Å². The van der Waals surface area contributed by atoms with Gasteiger partial charge in [0.2, 0.25) is 0 Å². The third kappa shape index (κ3) is 3.36. The standard InChI is InChI=1S/C15H16Cl2FNO3/c1-22-14(21)15(5-3-2-4-6-15)19-13(20)9-7-12(18)11(17)8-10(9)16/h7-8H,2-6H2,1H3,(H,19,20). The van der Waals surface area contributed by atoms with Crippen molar-refractivity contribution in [3.8, 4) is 0 Å². The van der Waals surface area contributed by atoms with E-state index in [1.807, 2.05) is 0 Å². The molecule has 0 bridgehead atoms. The maximum Gasteiger partial charge on any atom is 0.331 e. The fourth-order valence-corrected chi connectivity index (χ4v) is 3.18. The summed E-state index contributed by atoms with van der Waals surface area (Å²) in [6.07, 6.45) is 3.57. The second-order valence-electron chi connectivity index (χ2n) is 5.33. The van der Waals surface area contributed by atoms with E-state index in [-0.39, 0.29) is 15.6 Å². The van der Waals surface area contributed by atoms with Gasteiger partial charge in [-0.1, -0.05) is 42.5 Å². The molecule has 0 unspecified atom stereocenters. The Morgan fingerprint density at radius 1 is 1.18 bits per heavy atom. The molecule has 1 aromatic rings. The smallest absolute Gasteiger partial charge is 0.331 e. The van der Waals surface area contributed by atoms with Crippen LogP contribution in [0.25, 0.3) is 0 Å². The Bertz CT molecular complexity index is 601. The highest BCUT2D eigenvalue weighted by Crippen LogP contribution is 2.31. The molecule has 22 heavy (non-hydrogen) atoms. The molecule has 1 aliphatic carbocycles. The summed E-state index contributed by atoms with van der Waals surface area (Å²) < 4.78 is 18.4. The van der Waals surface area contributed by atoms with Crippen molar-refractivity contribution in [3.63, 3.8) is 0 Å². The number of amides is 1. The van der Waals surface area contributed by atoms with E-state index >= 15 is 0 Å². The zero-order valence-electron chi connectivity index (χ0n) is 12.0. The molecule has 1 fully saturated rings. The van der Waals surface area contributed by atoms with E-state index in [9.17, 15) is 14.0 Å². The molecule has 7 heteroatoms. The third-order valence-electron chi connectivity index (χ3n) is 3.89. The predicted molar refractivity (Wildman–Crippen MR) is 81.7 cm³/mol. The number of carbonyl (C=O) groups excluding carboxylic acids is 2. The van der Waals surface area contributed by atoms with E-state index in [0.717, 1.165) is 25.3 Å². The van der Waals surface area contributed by atoms with Crippen LogP contribution in [0, 0.1) is 5.82 Å². The van der Waals surface area contributed by atoms with Crippen LogP contribution >= 0.6 is 23.2 Å². The molecule has 0 aliphatic heterocycles. The Hall–Kier alpha value is -1.33. The molecule has 0 radical (unpaired) electrons. The summed E-state index contributed by atoms with van der Waals surface area (Å²) >= 11 is 11.6. The molecule has 1 aliphatic rings. The summed E-state index contributed by atoms with van der Waals surface area (Å²) in [5.41, 5.74) is -1.14. The van der Waals surface area contributed by atoms with Crippen molar-refractivity contribution in [3.05, 3.63) is 33.6 Å². The highest BCUT2D eigenvalue weighted by molar-refractivity contribution is 6.36. The first-order chi connectivity index (χ1) is 10.4. The first-order valence-electron chi connectivity index (χ1n) is 6.95. The Morgan fingerprint density at radius 3 is 2.41 bits per heavy atom. The Morgan fingerprint density at radius 2 is 1.82 bits per heavy atom. The molecule has 0 aromatic heterocycles. The average Bonchev–Trinajstić information content (AvgIpc) is 2.50. The third-order valence-corrected chi connectivity index (χ3v) is 4.49. The van der Waals surface area contributed by atoms with Gasteiger partial charge in [-0.25, -0.2) is 9.18 Å². The van der Waals surface area contributed by atoms with E-state index in [1.54, 1.807) is 0 Å². The second kappa shape index (κ2) is 6.84. The topological polar surface area (TPSA) is 55.4 Å². The first kappa shape index (κ1) is 17.0. The molecule has 0 saturated heterocycles. The van der Waals surface area contributed by atoms with Crippen molar-refractivity contribution in [1.82, 2.24) is 5.32 Å². The zero-order valence-corrected chi connectivity index (χ0v) is 13.6. The van der Waals surface area contributed by atoms with Gasteiger partial charge in [-0.05, 0) is 25.0 Å². The molecule has 1 amide bonds. The summed E-state index contributed by atoms with van der Waals surface area (Å²) in [7, 11) is 1.28. The van der Waals surface area contributed by atoms with Crippen molar-refractivity contribution < 1.29 is 18.7 Å². The Labute approximate surface area is 137 Å². The summed E-state index contributed by atoms with van der Waals surface area (Å²) in [6, 6.07) is 2.13. The monoisotopic (exact) mass is 347 g/mol. The van der Waals surface area contributed by atoms with Crippen LogP contribution < -0.4 is 5.32 Å². The molecule has 4 nitrogen and oxygen atoms in total. The minimum absolute atomic E-state index is 0.0275. The van der Waals surface area contributed by atoms with Crippen LogP contribution in [0.1, 0.15) is 42.5 Å². The summed E-state index contributed by atoms with van der Waals surface area (Å²) in [4.78, 5) is 24.5. The van der Waals surface area contributed by atoms with Crippen LogP contribution in [0.4, 0.5) is 4.39 Å². The molecule has 1 aromatic carbocycles. The second-order valence-corrected chi connectivity index (χ2v) is 6.15. The molecule has 0 spiro atoms. The van der Waals surface area contributed by atoms with Gasteiger partial charge in [0, 0.05) is 0 Å².